The zero-order chi connectivity index (χ0) is 9.23. The molecule has 0 unspecified atom stereocenters. The quantitative estimate of drug-likeness (QED) is 0.581. The molecule has 4 N–H and O–H groups in total. The molecule has 0 spiro atoms. The van der Waals surface area contributed by atoms with Gasteiger partial charge in [0.2, 0.25) is 0 Å². The van der Waals surface area contributed by atoms with Gasteiger partial charge in [0.25, 0.3) is 0 Å². The first kappa shape index (κ1) is 12.1. The molecule has 0 aromatic rings. The normalized spacial score (nSPS) is 19.2. The van der Waals surface area contributed by atoms with Gasteiger partial charge in [-0.1, -0.05) is 0 Å². The highest BCUT2D eigenvalue weighted by Crippen LogP contribution is 2.26. The molecular formula is C6H17N2O3P. The maximum Gasteiger partial charge on any atom is 0.319 e. The highest BCUT2D eigenvalue weighted by atomic mass is 31.1. The van der Waals surface area contributed by atoms with Crippen LogP contribution in [-0.2, 0) is 13.6 Å². The van der Waals surface area contributed by atoms with Crippen LogP contribution >= 0.6 is 8.25 Å². The molecule has 5 nitrogen and oxygen atoms in total. The lowest BCUT2D eigenvalue weighted by Gasteiger charge is -1.94. The lowest BCUT2D eigenvalue weighted by Crippen LogP contribution is -2.11. The molecule has 0 aliphatic carbocycles. The minimum absolute atomic E-state index is 0.595. The van der Waals surface area contributed by atoms with Gasteiger partial charge in [0.15, 0.2) is 0 Å². The third kappa shape index (κ3) is 8.17. The topological polar surface area (TPSA) is 87.6 Å². The van der Waals surface area contributed by atoms with Crippen LogP contribution in [0.25, 0.3) is 0 Å². The van der Waals surface area contributed by atoms with Crippen LogP contribution in [0.4, 0.5) is 0 Å². The monoisotopic (exact) mass is 196 g/mol. The molecule has 0 amide bonds. The second kappa shape index (κ2) is 9.16. The van der Waals surface area contributed by atoms with Gasteiger partial charge in [-0.05, 0) is 12.8 Å². The van der Waals surface area contributed by atoms with Gasteiger partial charge in [-0.2, -0.15) is 0 Å². The van der Waals surface area contributed by atoms with E-state index in [0.717, 1.165) is 12.8 Å². The fourth-order valence-corrected chi connectivity index (χ4v) is 1.26. The Balaban J connectivity index is 0.000000261. The summed E-state index contributed by atoms with van der Waals surface area (Å²) in [5, 5.41) is 0. The average molecular weight is 196 g/mol. The number of nitrogens with two attached hydrogens (primary N) is 2. The largest absolute Gasteiger partial charge is 0.329 e. The van der Waals surface area contributed by atoms with E-state index in [4.69, 9.17) is 20.5 Å². The highest BCUT2D eigenvalue weighted by Gasteiger charge is 2.03. The molecule has 1 aliphatic heterocycles. The molecular weight excluding hydrogens is 179 g/mol. The molecule has 1 heterocycles. The lowest BCUT2D eigenvalue weighted by atomic mass is 10.3. The lowest BCUT2D eigenvalue weighted by molar-refractivity contribution is 0.263. The number of hydrogen-bond donors (Lipinski definition) is 2. The predicted octanol–water partition coefficient (Wildman–Crippen LogP) is 0.107. The first-order valence-corrected chi connectivity index (χ1v) is 5.23. The summed E-state index contributed by atoms with van der Waals surface area (Å²) >= 11 is 0. The van der Waals surface area contributed by atoms with Gasteiger partial charge in [-0.25, -0.2) is 0 Å². The van der Waals surface area contributed by atoms with E-state index in [9.17, 15) is 4.57 Å². The standard InChI is InChI=1S/C4H9O3P.C2H8N2/c5-8-6-3-1-2-4-7-8;3-1-2-4/h8H,1-4H2;1-4H2. The zero-order valence-electron chi connectivity index (χ0n) is 7.12. The number of hydrogen-bond acceptors (Lipinski definition) is 5. The van der Waals surface area contributed by atoms with Crippen LogP contribution in [0.3, 0.4) is 0 Å². The first-order chi connectivity index (χ1) is 5.81. The Morgan fingerprint density at radius 3 is 1.83 bits per heavy atom. The Hall–Kier alpha value is 0.0700. The first-order valence-electron chi connectivity index (χ1n) is 4.01. The van der Waals surface area contributed by atoms with Crippen molar-refractivity contribution in [1.82, 2.24) is 0 Å². The molecule has 0 saturated carbocycles. The fourth-order valence-electron chi connectivity index (χ4n) is 0.557. The van der Waals surface area contributed by atoms with Gasteiger partial charge in [-0.15, -0.1) is 0 Å². The van der Waals surface area contributed by atoms with Crippen LogP contribution in [0, 0.1) is 0 Å². The fraction of sp³-hybridized carbons (Fsp3) is 1.00. The van der Waals surface area contributed by atoms with E-state index in [1.807, 2.05) is 0 Å². The van der Waals surface area contributed by atoms with Gasteiger partial charge < -0.3 is 20.5 Å². The summed E-state index contributed by atoms with van der Waals surface area (Å²) in [6.07, 6.45) is 1.94. The Kier molecular flexibility index (Phi) is 9.21. The van der Waals surface area contributed by atoms with Crippen LogP contribution < -0.4 is 11.5 Å². The Labute approximate surface area is 73.3 Å². The Bertz CT molecular complexity index is 111. The molecule has 6 heteroatoms. The second-order valence-corrected chi connectivity index (χ2v) is 3.31. The van der Waals surface area contributed by atoms with Crippen LogP contribution in [0.2, 0.25) is 0 Å². The zero-order valence-corrected chi connectivity index (χ0v) is 8.12. The van der Waals surface area contributed by atoms with E-state index in [-0.39, 0.29) is 0 Å². The molecule has 0 atom stereocenters. The maximum atomic E-state index is 10.4. The van der Waals surface area contributed by atoms with E-state index in [0.29, 0.717) is 26.3 Å². The third-order valence-electron chi connectivity index (χ3n) is 1.15. The Morgan fingerprint density at radius 1 is 1.08 bits per heavy atom. The van der Waals surface area contributed by atoms with E-state index >= 15 is 0 Å². The molecule has 1 fully saturated rings. The summed E-state index contributed by atoms with van der Waals surface area (Å²) in [4.78, 5) is 0. The van der Waals surface area contributed by atoms with Crippen molar-refractivity contribution >= 4 is 8.25 Å². The molecule has 0 radical (unpaired) electrons. The van der Waals surface area contributed by atoms with Crippen molar-refractivity contribution in [2.45, 2.75) is 12.8 Å². The molecule has 74 valence electrons. The van der Waals surface area contributed by atoms with Crippen LogP contribution in [-0.4, -0.2) is 26.3 Å². The molecule has 1 aliphatic rings. The van der Waals surface area contributed by atoms with Gasteiger partial charge >= 0.3 is 8.25 Å². The predicted molar refractivity (Wildman–Crippen MR) is 48.2 cm³/mol. The van der Waals surface area contributed by atoms with Crippen molar-refractivity contribution in [2.24, 2.45) is 11.5 Å². The van der Waals surface area contributed by atoms with Gasteiger partial charge in [0.1, 0.15) is 0 Å². The van der Waals surface area contributed by atoms with Crippen molar-refractivity contribution in [2.75, 3.05) is 26.3 Å². The SMILES string of the molecule is NCCN.O=[PH]1OCCCCO1. The molecule has 0 aromatic carbocycles. The summed E-state index contributed by atoms with van der Waals surface area (Å²) in [5.41, 5.74) is 9.81. The van der Waals surface area contributed by atoms with E-state index in [2.05, 4.69) is 0 Å². The summed E-state index contributed by atoms with van der Waals surface area (Å²) in [5.74, 6) is 0. The second-order valence-electron chi connectivity index (χ2n) is 2.23. The van der Waals surface area contributed by atoms with E-state index in [1.165, 1.54) is 0 Å². The van der Waals surface area contributed by atoms with Crippen molar-refractivity contribution in [1.29, 1.82) is 0 Å². The molecule has 0 aromatic heterocycles. The average Bonchev–Trinajstić information content (AvgIpc) is 2.33. The smallest absolute Gasteiger partial charge is 0.319 e. The highest BCUT2D eigenvalue weighted by molar-refractivity contribution is 7.33. The summed E-state index contributed by atoms with van der Waals surface area (Å²) in [6, 6.07) is 0. The van der Waals surface area contributed by atoms with Gasteiger partial charge in [0.05, 0.1) is 13.2 Å². The minimum Gasteiger partial charge on any atom is -0.329 e. The maximum absolute atomic E-state index is 10.4. The molecule has 1 saturated heterocycles. The van der Waals surface area contributed by atoms with Gasteiger partial charge in [-0.3, -0.25) is 4.57 Å². The Morgan fingerprint density at radius 2 is 1.50 bits per heavy atom. The summed E-state index contributed by atoms with van der Waals surface area (Å²) in [6.45, 7) is 2.38. The number of rotatable bonds is 1. The van der Waals surface area contributed by atoms with Gasteiger partial charge in [0, 0.05) is 13.1 Å². The van der Waals surface area contributed by atoms with Crippen molar-refractivity contribution in [3.05, 3.63) is 0 Å². The summed E-state index contributed by atoms with van der Waals surface area (Å²) < 4.78 is 19.9. The molecule has 12 heavy (non-hydrogen) atoms. The van der Waals surface area contributed by atoms with Crippen molar-refractivity contribution in [3.8, 4) is 0 Å². The van der Waals surface area contributed by atoms with Crippen molar-refractivity contribution < 1.29 is 13.6 Å². The summed E-state index contributed by atoms with van der Waals surface area (Å²) in [7, 11) is -2.08. The minimum atomic E-state index is -2.08. The third-order valence-corrected chi connectivity index (χ3v) is 2.02. The van der Waals surface area contributed by atoms with E-state index in [1.54, 1.807) is 0 Å². The van der Waals surface area contributed by atoms with Crippen molar-refractivity contribution in [3.63, 3.8) is 0 Å². The van der Waals surface area contributed by atoms with Crippen LogP contribution in [0.5, 0.6) is 0 Å². The van der Waals surface area contributed by atoms with Crippen LogP contribution in [0.1, 0.15) is 12.8 Å². The van der Waals surface area contributed by atoms with Crippen LogP contribution in [0.15, 0.2) is 0 Å². The van der Waals surface area contributed by atoms with E-state index < -0.39 is 8.25 Å². The molecule has 1 rings (SSSR count). The molecule has 0 bridgehead atoms.